The second-order valence-electron chi connectivity index (χ2n) is 22.7. The molecule has 14 aromatic rings. The highest BCUT2D eigenvalue weighted by Gasteiger charge is 2.15. The molecular weight excluding hydrogens is 1250 g/mol. The quantitative estimate of drug-likeness (QED) is 0.0759. The number of hydrogen-bond donors (Lipinski definition) is 0. The number of aryl methyl sites for hydroxylation is 7. The Hall–Kier alpha value is -9.63. The Morgan fingerprint density at radius 1 is 0.219 bits per heavy atom. The summed E-state index contributed by atoms with van der Waals surface area (Å²) in [6.07, 6.45) is 0. The van der Waals surface area contributed by atoms with Gasteiger partial charge in [-0.05, 0) is 191 Å². The van der Waals surface area contributed by atoms with Crippen molar-refractivity contribution in [3.63, 3.8) is 0 Å². The fourth-order valence-electron chi connectivity index (χ4n) is 10.1. The molecule has 468 valence electrons. The van der Waals surface area contributed by atoms with Gasteiger partial charge < -0.3 is 30.3 Å². The molecule has 96 heavy (non-hydrogen) atoms. The number of benzene rings is 10. The van der Waals surface area contributed by atoms with Gasteiger partial charge in [-0.15, -0.1) is 0 Å². The van der Waals surface area contributed by atoms with Gasteiger partial charge >= 0.3 is 63.5 Å². The molecule has 12 nitrogen and oxygen atoms in total. The van der Waals surface area contributed by atoms with Crippen molar-refractivity contribution in [2.75, 3.05) is 0 Å². The maximum Gasteiger partial charge on any atom is 0.881 e. The van der Waals surface area contributed by atoms with Gasteiger partial charge in [0.1, 0.15) is 45.1 Å². The molecule has 0 aliphatic heterocycles. The lowest BCUT2D eigenvalue weighted by molar-refractivity contribution is 0.459. The van der Waals surface area contributed by atoms with E-state index in [-0.39, 0.29) is 0 Å². The van der Waals surface area contributed by atoms with Crippen LogP contribution in [0.4, 0.5) is 0 Å². The van der Waals surface area contributed by atoms with Gasteiger partial charge in [0.25, 0.3) is 0 Å². The maximum absolute atomic E-state index is 5.92. The minimum absolute atomic E-state index is 0.627. The number of fused-ring (bicyclic) bond motifs is 4. The number of pyridine rings is 4. The zero-order valence-corrected chi connectivity index (χ0v) is 59.4. The Labute approximate surface area is 588 Å². The Morgan fingerprint density at radius 3 is 0.990 bits per heavy atom. The van der Waals surface area contributed by atoms with E-state index in [1.807, 2.05) is 216 Å². The molecule has 0 saturated carbocycles. The van der Waals surface area contributed by atoms with E-state index in [4.69, 9.17) is 30.3 Å². The van der Waals surface area contributed by atoms with E-state index in [0.717, 1.165) is 124 Å². The highest BCUT2D eigenvalue weighted by molar-refractivity contribution is 6.22. The first-order valence-corrected chi connectivity index (χ1v) is 35.1. The van der Waals surface area contributed by atoms with Crippen molar-refractivity contribution in [3.8, 4) is 68.2 Å². The van der Waals surface area contributed by atoms with Crippen LogP contribution in [-0.4, -0.2) is 83.5 Å². The van der Waals surface area contributed by atoms with Crippen LogP contribution in [0.25, 0.3) is 65.9 Å². The number of rotatable bonds is 18. The number of para-hydroxylation sites is 4. The van der Waals surface area contributed by atoms with E-state index in [1.54, 1.807) is 0 Å². The second kappa shape index (κ2) is 33.7. The first kappa shape index (κ1) is 67.8. The average molecular weight is 1320 g/mol. The van der Waals surface area contributed by atoms with Crippen LogP contribution in [0.3, 0.4) is 0 Å². The van der Waals surface area contributed by atoms with Crippen molar-refractivity contribution in [2.24, 2.45) is 0 Å². The number of aromatic nitrogens is 4. The molecule has 0 atom stereocenters. The lowest BCUT2D eigenvalue weighted by atomic mass is 10.1. The third-order valence-electron chi connectivity index (χ3n) is 15.7. The zero-order valence-electron chi connectivity index (χ0n) is 54.8. The lowest BCUT2D eigenvalue weighted by Crippen LogP contribution is -2.12. The molecular formula is C80H68Al4N4O8. The number of hydrogen-bond acceptors (Lipinski definition) is 12. The Bertz CT molecular complexity index is 4920. The van der Waals surface area contributed by atoms with E-state index >= 15 is 0 Å². The molecule has 0 bridgehead atoms. The van der Waals surface area contributed by atoms with Crippen molar-refractivity contribution in [1.29, 1.82) is 0 Å². The van der Waals surface area contributed by atoms with Crippen LogP contribution < -0.4 is 30.3 Å². The lowest BCUT2D eigenvalue weighted by Gasteiger charge is -2.13. The Balaban J connectivity index is 0.000000130. The first-order chi connectivity index (χ1) is 46.9. The predicted octanol–water partition coefficient (Wildman–Crippen LogP) is 18.7. The van der Waals surface area contributed by atoms with Crippen LogP contribution in [0, 0.1) is 55.4 Å². The first-order valence-electron chi connectivity index (χ1n) is 31.4. The highest BCUT2D eigenvalue weighted by Crippen LogP contribution is 2.30. The van der Waals surface area contributed by atoms with Gasteiger partial charge in [0.05, 0.1) is 23.0 Å². The van der Waals surface area contributed by atoms with Gasteiger partial charge in [-0.3, -0.25) is 0 Å². The highest BCUT2D eigenvalue weighted by atomic mass is 27.2. The van der Waals surface area contributed by atoms with E-state index in [0.29, 0.717) is 0 Å². The van der Waals surface area contributed by atoms with Crippen LogP contribution in [0.1, 0.15) is 45.0 Å². The molecule has 4 heterocycles. The summed E-state index contributed by atoms with van der Waals surface area (Å²) >= 11 is -2.60. The van der Waals surface area contributed by atoms with Crippen LogP contribution in [0.2, 0.25) is 0 Å². The normalized spacial score (nSPS) is 10.5. The molecule has 0 N–H and O–H groups in total. The van der Waals surface area contributed by atoms with Gasteiger partial charge in [0.15, 0.2) is 0 Å². The van der Waals surface area contributed by atoms with Gasteiger partial charge in [-0.1, -0.05) is 176 Å². The van der Waals surface area contributed by atoms with Crippen LogP contribution in [0.5, 0.6) is 46.0 Å². The molecule has 4 radical (unpaired) electrons. The Morgan fingerprint density at radius 2 is 0.552 bits per heavy atom. The molecule has 14 rings (SSSR count). The molecule has 16 heteroatoms. The van der Waals surface area contributed by atoms with E-state index in [9.17, 15) is 0 Å². The van der Waals surface area contributed by atoms with E-state index in [2.05, 4.69) is 126 Å². The summed E-state index contributed by atoms with van der Waals surface area (Å²) in [5.74, 6) is 6.45. The average Bonchev–Trinajstić information content (AvgIpc) is 2.83. The minimum atomic E-state index is -0.680. The molecule has 0 aliphatic rings. The van der Waals surface area contributed by atoms with Crippen LogP contribution >= 0.6 is 0 Å². The third-order valence-corrected chi connectivity index (χ3v) is 18.5. The van der Waals surface area contributed by atoms with Crippen LogP contribution in [0.15, 0.2) is 267 Å². The minimum Gasteiger partial charge on any atom is -0.616 e. The van der Waals surface area contributed by atoms with E-state index in [1.165, 1.54) is 33.4 Å². The summed E-state index contributed by atoms with van der Waals surface area (Å²) in [5, 5.41) is 4.29. The summed E-state index contributed by atoms with van der Waals surface area (Å²) in [6.45, 7) is 16.2. The molecule has 0 spiro atoms. The maximum atomic E-state index is 5.92. The SMILES string of the molecule is Cc1ccc2cccc([O][Al][O]c3ccc(-c4ccccc4)cc3)c2n1.Cc1ccc2cccc([O][Al][O]c3ccc(C)c(C)c3)c2n1.Cc1ccc2cccc([O][Al][O]c3cccc(-c4ccccc4)c3)c2n1.Cc1ccc2cccc([O][Al][O]c3cccc(C)c3C)c2n1. The molecule has 0 fully saturated rings. The second-order valence-corrected chi connectivity index (χ2v) is 25.3. The van der Waals surface area contributed by atoms with Gasteiger partial charge in [0.2, 0.25) is 0 Å². The summed E-state index contributed by atoms with van der Waals surface area (Å²) in [4.78, 5) is 18.3. The summed E-state index contributed by atoms with van der Waals surface area (Å²) in [6, 6.07) is 88.9. The summed E-state index contributed by atoms with van der Waals surface area (Å²) in [7, 11) is 0. The van der Waals surface area contributed by atoms with Crippen molar-refractivity contribution in [2.45, 2.75) is 55.4 Å². The fourth-order valence-corrected chi connectivity index (χ4v) is 12.7. The summed E-state index contributed by atoms with van der Waals surface area (Å²) < 4.78 is 46.8. The molecule has 10 aromatic carbocycles. The van der Waals surface area contributed by atoms with Crippen molar-refractivity contribution < 1.29 is 30.3 Å². The smallest absolute Gasteiger partial charge is 0.616 e. The van der Waals surface area contributed by atoms with Crippen LogP contribution in [-0.2, 0) is 0 Å². The zero-order chi connectivity index (χ0) is 66.6. The van der Waals surface area contributed by atoms with Crippen molar-refractivity contribution in [1.82, 2.24) is 19.9 Å². The number of nitrogens with zero attached hydrogens (tertiary/aromatic N) is 4. The monoisotopic (exact) mass is 1320 g/mol. The molecule has 4 aromatic heterocycles. The van der Waals surface area contributed by atoms with Gasteiger partial charge in [-0.2, -0.15) is 0 Å². The summed E-state index contributed by atoms with van der Waals surface area (Å²) in [5.41, 5.74) is 17.0. The van der Waals surface area contributed by atoms with Gasteiger partial charge in [-0.25, -0.2) is 19.9 Å². The fraction of sp³-hybridized carbons (Fsp3) is 0.100. The van der Waals surface area contributed by atoms with Gasteiger partial charge in [0, 0.05) is 44.3 Å². The molecule has 0 saturated heterocycles. The van der Waals surface area contributed by atoms with Crippen molar-refractivity contribution in [3.05, 3.63) is 312 Å². The topological polar surface area (TPSA) is 125 Å². The standard InChI is InChI=1S/2C12H10O.4C10H9NO.2C8H10O.4Al/c13-12-8-4-7-11(9-12)10-5-2-1-3-6-10;13-12-8-6-11(7-9-12)10-4-2-1-3-5-10;4*1-7-5-6-8-3-2-4-9(12)10(8)11-7;1-6-3-4-8(9)5-7(6)2;1-6-4-3-5-8(9)7(6)2;;;;/h2*1-9,13H;4*2-6,12H,1H3;2*3-5,9H,1-2H3;;;;/q;;;;;;;;4*+2/p-8. The van der Waals surface area contributed by atoms with E-state index < -0.39 is 63.5 Å². The molecule has 0 aliphatic carbocycles. The predicted molar refractivity (Wildman–Crippen MR) is 390 cm³/mol. The Kier molecular flexibility index (Phi) is 23.8. The molecule has 0 unspecified atom stereocenters. The van der Waals surface area contributed by atoms with Crippen molar-refractivity contribution >= 4 is 107 Å². The third kappa shape index (κ3) is 18.6. The largest absolute Gasteiger partial charge is 0.881 e. The molecule has 0 amide bonds.